The first-order valence-electron chi connectivity index (χ1n) is 13.1. The second-order valence-corrected chi connectivity index (χ2v) is 9.76. The highest BCUT2D eigenvalue weighted by molar-refractivity contribution is 5.87. The average molecular weight is 535 g/mol. The Morgan fingerprint density at radius 3 is 1.67 bits per heavy atom. The van der Waals surface area contributed by atoms with Crippen LogP contribution in [-0.2, 0) is 15.0 Å². The fourth-order valence-electron chi connectivity index (χ4n) is 5.01. The zero-order chi connectivity index (χ0) is 28.4. The molecule has 0 aliphatic rings. The van der Waals surface area contributed by atoms with Crippen molar-refractivity contribution in [1.29, 1.82) is 0 Å². The van der Waals surface area contributed by atoms with Crippen molar-refractivity contribution >= 4 is 11.6 Å². The van der Waals surface area contributed by atoms with Crippen LogP contribution in [-0.4, -0.2) is 59.4 Å². The van der Waals surface area contributed by atoms with Gasteiger partial charge in [-0.2, -0.15) is 0 Å². The van der Waals surface area contributed by atoms with Crippen LogP contribution in [0.5, 0.6) is 11.5 Å². The summed E-state index contributed by atoms with van der Waals surface area (Å²) in [6.07, 6.45) is -3.00. The first-order chi connectivity index (χ1) is 18.7. The van der Waals surface area contributed by atoms with E-state index >= 15 is 0 Å². The number of aliphatic hydroxyl groups excluding tert-OH is 3. The van der Waals surface area contributed by atoms with E-state index < -0.39 is 29.5 Å². The molecule has 0 saturated heterocycles. The highest BCUT2D eigenvalue weighted by Crippen LogP contribution is 2.44. The minimum atomic E-state index is -1.28. The standard InChI is InChI=1S/C32H38O7/c1-22(33)12-21-29(35)28(34)10-7-11-30(36)31(37)32(23-8-5-4-6-9-23,24-13-17-26(38-2)18-14-24)25-15-19-27(39-3)20-16-25/h4-6,8-9,13-20,28,30-31,34,36-37H,7,10-12,21H2,1-3H3. The largest absolute Gasteiger partial charge is 0.497 e. The van der Waals surface area contributed by atoms with Gasteiger partial charge in [0.05, 0.1) is 31.8 Å². The molecule has 7 heteroatoms. The molecule has 3 N–H and O–H groups in total. The third-order valence-electron chi connectivity index (χ3n) is 7.20. The summed E-state index contributed by atoms with van der Waals surface area (Å²) in [5.74, 6) is 0.821. The van der Waals surface area contributed by atoms with Crippen molar-refractivity contribution < 1.29 is 34.4 Å². The number of carbonyl (C=O) groups is 2. The van der Waals surface area contributed by atoms with E-state index in [-0.39, 0.29) is 31.5 Å². The number of carbonyl (C=O) groups excluding carboxylic acids is 2. The molecule has 0 bridgehead atoms. The lowest BCUT2D eigenvalue weighted by Crippen LogP contribution is -2.48. The van der Waals surface area contributed by atoms with Gasteiger partial charge >= 0.3 is 0 Å². The molecule has 0 aromatic heterocycles. The van der Waals surface area contributed by atoms with Crippen molar-refractivity contribution in [3.05, 3.63) is 95.6 Å². The number of ketones is 2. The Morgan fingerprint density at radius 1 is 0.718 bits per heavy atom. The van der Waals surface area contributed by atoms with Gasteiger partial charge in [0.1, 0.15) is 23.4 Å². The number of aliphatic hydroxyl groups is 3. The Hall–Kier alpha value is -3.52. The van der Waals surface area contributed by atoms with Crippen LogP contribution >= 0.6 is 0 Å². The summed E-state index contributed by atoms with van der Waals surface area (Å²) in [6.45, 7) is 1.40. The van der Waals surface area contributed by atoms with E-state index in [1.165, 1.54) is 6.92 Å². The molecule has 208 valence electrons. The average Bonchev–Trinajstić information content (AvgIpc) is 2.97. The van der Waals surface area contributed by atoms with Gasteiger partial charge in [0, 0.05) is 12.8 Å². The van der Waals surface area contributed by atoms with E-state index in [2.05, 4.69) is 0 Å². The van der Waals surface area contributed by atoms with Gasteiger partial charge < -0.3 is 29.6 Å². The molecule has 3 rings (SSSR count). The summed E-state index contributed by atoms with van der Waals surface area (Å²) >= 11 is 0. The SMILES string of the molecule is COc1ccc(C(c2ccccc2)(c2ccc(OC)cc2)C(O)C(O)CCCC(O)C(=O)CCC(C)=O)cc1. The third-order valence-corrected chi connectivity index (χ3v) is 7.20. The molecule has 0 spiro atoms. The van der Waals surface area contributed by atoms with Crippen LogP contribution in [0, 0.1) is 0 Å². The van der Waals surface area contributed by atoms with Crippen LogP contribution in [0.1, 0.15) is 55.7 Å². The van der Waals surface area contributed by atoms with E-state index in [0.717, 1.165) is 16.7 Å². The lowest BCUT2D eigenvalue weighted by molar-refractivity contribution is -0.129. The Morgan fingerprint density at radius 2 is 1.21 bits per heavy atom. The van der Waals surface area contributed by atoms with Gasteiger partial charge in [0.15, 0.2) is 5.78 Å². The van der Waals surface area contributed by atoms with Gasteiger partial charge in [-0.3, -0.25) is 4.79 Å². The quantitative estimate of drug-likeness (QED) is 0.250. The summed E-state index contributed by atoms with van der Waals surface area (Å²) < 4.78 is 10.7. The van der Waals surface area contributed by atoms with Gasteiger partial charge in [0.25, 0.3) is 0 Å². The van der Waals surface area contributed by atoms with E-state index in [1.54, 1.807) is 14.2 Å². The molecule has 0 fully saturated rings. The van der Waals surface area contributed by atoms with Crippen LogP contribution in [0.15, 0.2) is 78.9 Å². The second kappa shape index (κ2) is 14.0. The summed E-state index contributed by atoms with van der Waals surface area (Å²) in [5, 5.41) is 33.6. The fraction of sp³-hybridized carbons (Fsp3) is 0.375. The monoisotopic (exact) mass is 534 g/mol. The molecular formula is C32H38O7. The van der Waals surface area contributed by atoms with E-state index in [1.807, 2.05) is 78.9 Å². The third kappa shape index (κ3) is 7.12. The van der Waals surface area contributed by atoms with E-state index in [0.29, 0.717) is 17.9 Å². The highest BCUT2D eigenvalue weighted by Gasteiger charge is 2.46. The second-order valence-electron chi connectivity index (χ2n) is 9.76. The molecule has 0 heterocycles. The number of benzene rings is 3. The van der Waals surface area contributed by atoms with Gasteiger partial charge in [-0.05, 0) is 67.1 Å². The summed E-state index contributed by atoms with van der Waals surface area (Å²) in [5.41, 5.74) is 1.14. The number of methoxy groups -OCH3 is 2. The lowest BCUT2D eigenvalue weighted by Gasteiger charge is -2.42. The number of Topliss-reactive ketones (excluding diaryl/α,β-unsaturated/α-hetero) is 2. The molecule has 0 aliphatic heterocycles. The van der Waals surface area contributed by atoms with Gasteiger partial charge in [-0.15, -0.1) is 0 Å². The smallest absolute Gasteiger partial charge is 0.161 e. The Balaban J connectivity index is 1.98. The van der Waals surface area contributed by atoms with Crippen molar-refractivity contribution in [3.63, 3.8) is 0 Å². The van der Waals surface area contributed by atoms with Crippen molar-refractivity contribution in [2.24, 2.45) is 0 Å². The molecule has 3 aromatic rings. The molecule has 0 amide bonds. The Bertz CT molecular complexity index is 1140. The van der Waals surface area contributed by atoms with Crippen molar-refractivity contribution in [2.45, 2.75) is 62.8 Å². The predicted octanol–water partition coefficient (Wildman–Crippen LogP) is 4.23. The first-order valence-corrected chi connectivity index (χ1v) is 13.1. The summed E-state index contributed by atoms with van der Waals surface area (Å²) in [6, 6.07) is 24.3. The minimum absolute atomic E-state index is 0.00621. The normalized spacial score (nSPS) is 13.8. The molecule has 3 atom stereocenters. The van der Waals surface area contributed by atoms with Crippen LogP contribution in [0.2, 0.25) is 0 Å². The van der Waals surface area contributed by atoms with Crippen LogP contribution in [0.4, 0.5) is 0 Å². The molecule has 3 unspecified atom stereocenters. The van der Waals surface area contributed by atoms with Crippen molar-refractivity contribution in [3.8, 4) is 11.5 Å². The molecule has 3 aromatic carbocycles. The van der Waals surface area contributed by atoms with Crippen LogP contribution in [0.3, 0.4) is 0 Å². The van der Waals surface area contributed by atoms with Crippen molar-refractivity contribution in [2.75, 3.05) is 14.2 Å². The van der Waals surface area contributed by atoms with E-state index in [4.69, 9.17) is 9.47 Å². The number of hydrogen-bond donors (Lipinski definition) is 3. The highest BCUT2D eigenvalue weighted by atomic mass is 16.5. The zero-order valence-corrected chi connectivity index (χ0v) is 22.7. The zero-order valence-electron chi connectivity index (χ0n) is 22.7. The maximum atomic E-state index is 12.1. The summed E-state index contributed by atoms with van der Waals surface area (Å²) in [4.78, 5) is 23.3. The molecular weight excluding hydrogens is 496 g/mol. The maximum absolute atomic E-state index is 12.1. The predicted molar refractivity (Wildman–Crippen MR) is 149 cm³/mol. The molecule has 7 nitrogen and oxygen atoms in total. The maximum Gasteiger partial charge on any atom is 0.161 e. The topological polar surface area (TPSA) is 113 Å². The number of ether oxygens (including phenoxy) is 2. The van der Waals surface area contributed by atoms with Crippen LogP contribution in [0.25, 0.3) is 0 Å². The lowest BCUT2D eigenvalue weighted by atomic mass is 9.64. The Kier molecular flexibility index (Phi) is 10.8. The molecule has 39 heavy (non-hydrogen) atoms. The Labute approximate surface area is 230 Å². The fourth-order valence-corrected chi connectivity index (χ4v) is 5.01. The van der Waals surface area contributed by atoms with Gasteiger partial charge in [-0.25, -0.2) is 0 Å². The number of rotatable bonds is 15. The molecule has 0 radical (unpaired) electrons. The molecule has 0 aliphatic carbocycles. The minimum Gasteiger partial charge on any atom is -0.497 e. The van der Waals surface area contributed by atoms with Crippen LogP contribution < -0.4 is 9.47 Å². The number of hydrogen-bond acceptors (Lipinski definition) is 7. The van der Waals surface area contributed by atoms with Crippen molar-refractivity contribution in [1.82, 2.24) is 0 Å². The summed E-state index contributed by atoms with van der Waals surface area (Å²) in [7, 11) is 3.17. The van der Waals surface area contributed by atoms with Gasteiger partial charge in [-0.1, -0.05) is 54.6 Å². The van der Waals surface area contributed by atoms with E-state index in [9.17, 15) is 24.9 Å². The van der Waals surface area contributed by atoms with Gasteiger partial charge in [0.2, 0.25) is 0 Å². The molecule has 0 saturated carbocycles. The first kappa shape index (κ1) is 30.0.